The van der Waals surface area contributed by atoms with Crippen LogP contribution in [0.5, 0.6) is 0 Å². The minimum Gasteiger partial charge on any atom is -0.313 e. The van der Waals surface area contributed by atoms with E-state index in [-0.39, 0.29) is 24.1 Å². The fraction of sp³-hybridized carbons (Fsp3) is 0.524. The maximum Gasteiger partial charge on any atom is 0.327 e. The average Bonchev–Trinajstić information content (AvgIpc) is 3.22. The Hall–Kier alpha value is -2.70. The summed E-state index contributed by atoms with van der Waals surface area (Å²) >= 11 is 0. The normalized spacial score (nSPS) is 21.9. The van der Waals surface area contributed by atoms with Gasteiger partial charge in [0.1, 0.15) is 5.54 Å². The molecule has 1 aromatic rings. The van der Waals surface area contributed by atoms with Crippen molar-refractivity contribution in [2.45, 2.75) is 50.5 Å². The molecule has 0 N–H and O–H groups in total. The molecule has 7 heteroatoms. The molecule has 2 saturated heterocycles. The van der Waals surface area contributed by atoms with E-state index in [0.717, 1.165) is 30.6 Å². The predicted octanol–water partition coefficient (Wildman–Crippen LogP) is 2.59. The summed E-state index contributed by atoms with van der Waals surface area (Å²) in [6.45, 7) is 0.383. The number of urea groups is 1. The number of amides is 4. The van der Waals surface area contributed by atoms with Crippen LogP contribution in [-0.2, 0) is 9.59 Å². The van der Waals surface area contributed by atoms with Gasteiger partial charge in [-0.25, -0.2) is 4.79 Å². The molecule has 0 aromatic heterocycles. The van der Waals surface area contributed by atoms with Gasteiger partial charge in [-0.2, -0.15) is 0 Å². The number of anilines is 1. The molecule has 0 radical (unpaired) electrons. The summed E-state index contributed by atoms with van der Waals surface area (Å²) in [6.07, 6.45) is 5.54. The number of rotatable bonds is 4. The standard InChI is InChI=1S/C21H25N3O4/c1-22-20(28)24(19(27)21(22)10-3-2-4-11-21)14-17(25)15-7-5-8-16(13-15)23-12-6-9-18(23)26/h5,7-8,13H,2-4,6,9-12,14H2,1H3. The molecule has 1 saturated carbocycles. The van der Waals surface area contributed by atoms with Crippen LogP contribution in [0, 0.1) is 0 Å². The molecule has 4 amide bonds. The van der Waals surface area contributed by atoms with Crippen LogP contribution in [0.1, 0.15) is 55.3 Å². The van der Waals surface area contributed by atoms with E-state index in [2.05, 4.69) is 0 Å². The molecule has 3 fully saturated rings. The lowest BCUT2D eigenvalue weighted by Crippen LogP contribution is -2.49. The summed E-state index contributed by atoms with van der Waals surface area (Å²) in [5.41, 5.74) is 0.317. The number of imide groups is 1. The molecule has 7 nitrogen and oxygen atoms in total. The highest BCUT2D eigenvalue weighted by molar-refractivity contribution is 6.11. The van der Waals surface area contributed by atoms with Gasteiger partial charge >= 0.3 is 6.03 Å². The highest BCUT2D eigenvalue weighted by atomic mass is 16.2. The van der Waals surface area contributed by atoms with Gasteiger partial charge in [0.15, 0.2) is 5.78 Å². The van der Waals surface area contributed by atoms with Crippen LogP contribution in [-0.4, -0.2) is 59.1 Å². The molecular formula is C21H25N3O4. The van der Waals surface area contributed by atoms with E-state index in [1.165, 1.54) is 4.90 Å². The first kappa shape index (κ1) is 18.7. The Kier molecular flexibility index (Phi) is 4.69. The van der Waals surface area contributed by atoms with Gasteiger partial charge in [-0.1, -0.05) is 31.4 Å². The number of nitrogens with zero attached hydrogens (tertiary/aromatic N) is 3. The third-order valence-corrected chi connectivity index (χ3v) is 6.34. The van der Waals surface area contributed by atoms with Crippen LogP contribution in [0.15, 0.2) is 24.3 Å². The van der Waals surface area contributed by atoms with Crippen molar-refractivity contribution in [1.29, 1.82) is 0 Å². The molecule has 148 valence electrons. The molecule has 1 aliphatic carbocycles. The van der Waals surface area contributed by atoms with Crippen molar-refractivity contribution in [3.63, 3.8) is 0 Å². The van der Waals surface area contributed by atoms with Crippen LogP contribution in [0.2, 0.25) is 0 Å². The maximum atomic E-state index is 13.0. The number of Topliss-reactive ketones (excluding diaryl/α,β-unsaturated/α-hetero) is 1. The lowest BCUT2D eigenvalue weighted by atomic mass is 9.80. The average molecular weight is 383 g/mol. The third-order valence-electron chi connectivity index (χ3n) is 6.34. The van der Waals surface area contributed by atoms with Crippen LogP contribution >= 0.6 is 0 Å². The minimum atomic E-state index is -0.778. The molecule has 1 spiro atoms. The number of hydrogen-bond donors (Lipinski definition) is 0. The van der Waals surface area contributed by atoms with E-state index in [9.17, 15) is 19.2 Å². The van der Waals surface area contributed by atoms with Gasteiger partial charge in [-0.05, 0) is 31.4 Å². The van der Waals surface area contributed by atoms with Crippen LogP contribution in [0.3, 0.4) is 0 Å². The molecule has 0 atom stereocenters. The van der Waals surface area contributed by atoms with E-state index < -0.39 is 11.6 Å². The summed E-state index contributed by atoms with van der Waals surface area (Å²) in [5, 5.41) is 0. The molecule has 28 heavy (non-hydrogen) atoms. The van der Waals surface area contributed by atoms with Crippen molar-refractivity contribution in [3.05, 3.63) is 29.8 Å². The fourth-order valence-corrected chi connectivity index (χ4v) is 4.67. The van der Waals surface area contributed by atoms with Crippen molar-refractivity contribution < 1.29 is 19.2 Å². The number of likely N-dealkylation sites (N-methyl/N-ethyl adjacent to an activating group) is 1. The van der Waals surface area contributed by atoms with E-state index in [0.29, 0.717) is 37.1 Å². The maximum absolute atomic E-state index is 13.0. The fourth-order valence-electron chi connectivity index (χ4n) is 4.67. The van der Waals surface area contributed by atoms with Gasteiger partial charge in [0, 0.05) is 31.3 Å². The number of ketones is 1. The molecule has 4 rings (SSSR count). The summed E-state index contributed by atoms with van der Waals surface area (Å²) in [4.78, 5) is 54.9. The van der Waals surface area contributed by atoms with Crippen molar-refractivity contribution >= 4 is 29.3 Å². The molecule has 3 aliphatic rings. The molecule has 0 bridgehead atoms. The lowest BCUT2D eigenvalue weighted by Gasteiger charge is -2.35. The summed E-state index contributed by atoms with van der Waals surface area (Å²) in [5.74, 6) is -0.495. The van der Waals surface area contributed by atoms with Gasteiger partial charge in [0.25, 0.3) is 5.91 Å². The summed E-state index contributed by atoms with van der Waals surface area (Å²) in [7, 11) is 1.66. The third kappa shape index (κ3) is 2.89. The monoisotopic (exact) mass is 383 g/mol. The Balaban J connectivity index is 1.53. The predicted molar refractivity (Wildman–Crippen MR) is 103 cm³/mol. The van der Waals surface area contributed by atoms with Gasteiger partial charge in [0.2, 0.25) is 5.91 Å². The highest BCUT2D eigenvalue weighted by Crippen LogP contribution is 2.39. The zero-order valence-electron chi connectivity index (χ0n) is 16.1. The molecular weight excluding hydrogens is 358 g/mol. The van der Waals surface area contributed by atoms with Crippen molar-refractivity contribution in [1.82, 2.24) is 9.80 Å². The second-order valence-corrected chi connectivity index (χ2v) is 7.95. The Bertz CT molecular complexity index is 844. The number of hydrogen-bond acceptors (Lipinski definition) is 4. The van der Waals surface area contributed by atoms with E-state index in [4.69, 9.17) is 0 Å². The lowest BCUT2D eigenvalue weighted by molar-refractivity contribution is -0.134. The Labute approximate surface area is 164 Å². The second kappa shape index (κ2) is 7.04. The first-order valence-corrected chi connectivity index (χ1v) is 9.97. The van der Waals surface area contributed by atoms with Gasteiger partial charge in [0.05, 0.1) is 6.54 Å². The highest BCUT2D eigenvalue weighted by Gasteiger charge is 2.55. The first-order chi connectivity index (χ1) is 13.4. The number of benzene rings is 1. The smallest absolute Gasteiger partial charge is 0.313 e. The zero-order chi connectivity index (χ0) is 19.9. The van der Waals surface area contributed by atoms with E-state index in [1.807, 2.05) is 0 Å². The van der Waals surface area contributed by atoms with Crippen molar-refractivity contribution in [2.75, 3.05) is 25.0 Å². The number of carbonyl (C=O) groups is 4. The first-order valence-electron chi connectivity index (χ1n) is 9.97. The van der Waals surface area contributed by atoms with E-state index >= 15 is 0 Å². The van der Waals surface area contributed by atoms with Gasteiger partial charge in [-0.15, -0.1) is 0 Å². The van der Waals surface area contributed by atoms with Gasteiger partial charge < -0.3 is 9.80 Å². The molecule has 0 unspecified atom stereocenters. The van der Waals surface area contributed by atoms with Crippen molar-refractivity contribution in [2.24, 2.45) is 0 Å². The number of carbonyl (C=O) groups excluding carboxylic acids is 4. The second-order valence-electron chi connectivity index (χ2n) is 7.95. The largest absolute Gasteiger partial charge is 0.327 e. The Morgan fingerprint density at radius 2 is 1.82 bits per heavy atom. The van der Waals surface area contributed by atoms with E-state index in [1.54, 1.807) is 36.2 Å². The van der Waals surface area contributed by atoms with Crippen LogP contribution in [0.25, 0.3) is 0 Å². The van der Waals surface area contributed by atoms with Gasteiger partial charge in [-0.3, -0.25) is 19.3 Å². The molecule has 1 aromatic carbocycles. The summed E-state index contributed by atoms with van der Waals surface area (Å²) < 4.78 is 0. The molecule has 2 aliphatic heterocycles. The Morgan fingerprint density at radius 1 is 1.07 bits per heavy atom. The molecule has 2 heterocycles. The zero-order valence-corrected chi connectivity index (χ0v) is 16.1. The summed E-state index contributed by atoms with van der Waals surface area (Å²) in [6, 6.07) is 6.48. The minimum absolute atomic E-state index is 0.0513. The quantitative estimate of drug-likeness (QED) is 0.591. The van der Waals surface area contributed by atoms with Crippen LogP contribution in [0.4, 0.5) is 10.5 Å². The van der Waals surface area contributed by atoms with Crippen molar-refractivity contribution in [3.8, 4) is 0 Å². The Morgan fingerprint density at radius 3 is 2.50 bits per heavy atom. The SMILES string of the molecule is CN1C(=O)N(CC(=O)c2cccc(N3CCCC3=O)c2)C(=O)C12CCCCC2. The van der Waals surface area contributed by atoms with Crippen LogP contribution < -0.4 is 4.90 Å². The topological polar surface area (TPSA) is 78.0 Å².